The molecule has 5 nitrogen and oxygen atoms in total. The van der Waals surface area contributed by atoms with E-state index >= 15 is 0 Å². The van der Waals surface area contributed by atoms with Gasteiger partial charge in [-0.15, -0.1) is 0 Å². The number of likely N-dealkylation sites (tertiary alicyclic amines) is 1. The fourth-order valence-electron chi connectivity index (χ4n) is 3.40. The number of carbonyl (C=O) groups is 1. The second-order valence-corrected chi connectivity index (χ2v) is 6.46. The highest BCUT2D eigenvalue weighted by Crippen LogP contribution is 2.29. The SMILES string of the molecule is CCn1ccnc1[C@H]1CCCCN1CC(=O)NCc1ccc(F)cc1. The molecule has 1 aromatic heterocycles. The normalized spacial score (nSPS) is 18.2. The minimum Gasteiger partial charge on any atom is -0.351 e. The van der Waals surface area contributed by atoms with Crippen LogP contribution in [0.15, 0.2) is 36.7 Å². The van der Waals surface area contributed by atoms with Crippen LogP contribution in [0.5, 0.6) is 0 Å². The van der Waals surface area contributed by atoms with Crippen molar-refractivity contribution in [2.75, 3.05) is 13.1 Å². The zero-order valence-electron chi connectivity index (χ0n) is 14.6. The van der Waals surface area contributed by atoms with Gasteiger partial charge in [-0.25, -0.2) is 9.37 Å². The molecule has 25 heavy (non-hydrogen) atoms. The van der Waals surface area contributed by atoms with Gasteiger partial charge in [0.15, 0.2) is 0 Å². The number of rotatable bonds is 6. The van der Waals surface area contributed by atoms with Crippen molar-refractivity contribution in [3.63, 3.8) is 0 Å². The number of nitrogens with one attached hydrogen (secondary N) is 1. The van der Waals surface area contributed by atoms with E-state index in [1.54, 1.807) is 12.1 Å². The second-order valence-electron chi connectivity index (χ2n) is 6.46. The largest absolute Gasteiger partial charge is 0.351 e. The molecule has 2 heterocycles. The fourth-order valence-corrected chi connectivity index (χ4v) is 3.40. The van der Waals surface area contributed by atoms with E-state index in [1.807, 2.05) is 12.4 Å². The molecule has 1 amide bonds. The van der Waals surface area contributed by atoms with Gasteiger partial charge in [0.25, 0.3) is 0 Å². The van der Waals surface area contributed by atoms with Crippen LogP contribution in [0.3, 0.4) is 0 Å². The number of amides is 1. The van der Waals surface area contributed by atoms with E-state index in [0.717, 1.165) is 43.7 Å². The minimum absolute atomic E-state index is 0.00849. The Morgan fingerprint density at radius 3 is 2.88 bits per heavy atom. The van der Waals surface area contributed by atoms with E-state index < -0.39 is 0 Å². The predicted octanol–water partition coefficient (Wildman–Crippen LogP) is 2.89. The number of piperidine rings is 1. The van der Waals surface area contributed by atoms with Crippen molar-refractivity contribution < 1.29 is 9.18 Å². The molecule has 3 rings (SSSR count). The monoisotopic (exact) mass is 344 g/mol. The molecule has 1 saturated heterocycles. The van der Waals surface area contributed by atoms with Crippen LogP contribution in [0.4, 0.5) is 4.39 Å². The van der Waals surface area contributed by atoms with Gasteiger partial charge in [-0.2, -0.15) is 0 Å². The molecular formula is C19H25FN4O. The molecule has 0 unspecified atom stereocenters. The molecule has 1 aromatic carbocycles. The first kappa shape index (κ1) is 17.6. The summed E-state index contributed by atoms with van der Waals surface area (Å²) < 4.78 is 15.1. The predicted molar refractivity (Wildman–Crippen MR) is 94.3 cm³/mol. The van der Waals surface area contributed by atoms with Gasteiger partial charge in [-0.05, 0) is 44.0 Å². The van der Waals surface area contributed by atoms with Crippen LogP contribution < -0.4 is 5.32 Å². The summed E-state index contributed by atoms with van der Waals surface area (Å²) in [6, 6.07) is 6.40. The Kier molecular flexibility index (Phi) is 5.81. The van der Waals surface area contributed by atoms with Gasteiger partial charge in [-0.3, -0.25) is 9.69 Å². The van der Waals surface area contributed by atoms with Gasteiger partial charge in [0.2, 0.25) is 5.91 Å². The second kappa shape index (κ2) is 8.25. The summed E-state index contributed by atoms with van der Waals surface area (Å²) in [5.74, 6) is 0.775. The van der Waals surface area contributed by atoms with Crippen LogP contribution in [0.25, 0.3) is 0 Å². The number of hydrogen-bond acceptors (Lipinski definition) is 3. The Morgan fingerprint density at radius 2 is 2.12 bits per heavy atom. The Balaban J connectivity index is 1.59. The number of hydrogen-bond donors (Lipinski definition) is 1. The summed E-state index contributed by atoms with van der Waals surface area (Å²) in [5.41, 5.74) is 0.895. The summed E-state index contributed by atoms with van der Waals surface area (Å²) in [7, 11) is 0. The number of benzene rings is 1. The van der Waals surface area contributed by atoms with Gasteiger partial charge in [0, 0.05) is 25.5 Å². The van der Waals surface area contributed by atoms with E-state index in [2.05, 4.69) is 26.7 Å². The van der Waals surface area contributed by atoms with Crippen molar-refractivity contribution >= 4 is 5.91 Å². The molecule has 0 aliphatic carbocycles. The van der Waals surface area contributed by atoms with E-state index in [0.29, 0.717) is 13.1 Å². The third-order valence-electron chi connectivity index (χ3n) is 4.75. The summed E-state index contributed by atoms with van der Waals surface area (Å²) in [6.45, 7) is 4.68. The number of aromatic nitrogens is 2. The number of imidazole rings is 1. The van der Waals surface area contributed by atoms with Crippen LogP contribution in [-0.4, -0.2) is 33.4 Å². The molecule has 1 aliphatic heterocycles. The molecule has 0 radical (unpaired) electrons. The van der Waals surface area contributed by atoms with Crippen molar-refractivity contribution in [2.24, 2.45) is 0 Å². The molecule has 1 atom stereocenters. The van der Waals surface area contributed by atoms with Crippen molar-refractivity contribution in [3.05, 3.63) is 53.9 Å². The van der Waals surface area contributed by atoms with Gasteiger partial charge in [-0.1, -0.05) is 18.6 Å². The van der Waals surface area contributed by atoms with Gasteiger partial charge < -0.3 is 9.88 Å². The van der Waals surface area contributed by atoms with Gasteiger partial charge >= 0.3 is 0 Å². The van der Waals surface area contributed by atoms with E-state index in [4.69, 9.17) is 0 Å². The van der Waals surface area contributed by atoms with Crippen molar-refractivity contribution in [2.45, 2.75) is 45.3 Å². The van der Waals surface area contributed by atoms with Gasteiger partial charge in [0.1, 0.15) is 11.6 Å². The molecule has 2 aromatic rings. The van der Waals surface area contributed by atoms with Crippen molar-refractivity contribution in [1.82, 2.24) is 19.8 Å². The average Bonchev–Trinajstić information content (AvgIpc) is 3.10. The Morgan fingerprint density at radius 1 is 1.32 bits per heavy atom. The minimum atomic E-state index is -0.266. The average molecular weight is 344 g/mol. The highest BCUT2D eigenvalue weighted by molar-refractivity contribution is 5.78. The highest BCUT2D eigenvalue weighted by Gasteiger charge is 2.28. The first-order valence-corrected chi connectivity index (χ1v) is 8.93. The van der Waals surface area contributed by atoms with Crippen LogP contribution >= 0.6 is 0 Å². The molecule has 1 aliphatic rings. The number of nitrogens with zero attached hydrogens (tertiary/aromatic N) is 3. The van der Waals surface area contributed by atoms with Gasteiger partial charge in [0.05, 0.1) is 12.6 Å². The molecule has 134 valence electrons. The van der Waals surface area contributed by atoms with E-state index in [-0.39, 0.29) is 17.8 Å². The standard InChI is InChI=1S/C19H25FN4O/c1-2-23-12-10-21-19(23)17-5-3-4-11-24(17)14-18(25)22-13-15-6-8-16(20)9-7-15/h6-10,12,17H,2-5,11,13-14H2,1H3,(H,22,25)/t17-/m1/s1. The van der Waals surface area contributed by atoms with Crippen LogP contribution in [0.1, 0.15) is 43.6 Å². The number of aryl methyl sites for hydroxylation is 1. The smallest absolute Gasteiger partial charge is 0.234 e. The summed E-state index contributed by atoms with van der Waals surface area (Å²) in [5, 5.41) is 2.93. The molecular weight excluding hydrogens is 319 g/mol. The highest BCUT2D eigenvalue weighted by atomic mass is 19.1. The van der Waals surface area contributed by atoms with E-state index in [9.17, 15) is 9.18 Å². The Labute approximate surface area is 147 Å². The fraction of sp³-hybridized carbons (Fsp3) is 0.474. The zero-order chi connectivity index (χ0) is 17.6. The quantitative estimate of drug-likeness (QED) is 0.877. The first-order valence-electron chi connectivity index (χ1n) is 8.93. The maximum absolute atomic E-state index is 12.9. The van der Waals surface area contributed by atoms with Crippen LogP contribution in [0, 0.1) is 5.82 Å². The zero-order valence-corrected chi connectivity index (χ0v) is 14.6. The third-order valence-corrected chi connectivity index (χ3v) is 4.75. The Bertz CT molecular complexity index is 698. The van der Waals surface area contributed by atoms with Crippen LogP contribution in [0.2, 0.25) is 0 Å². The van der Waals surface area contributed by atoms with Crippen molar-refractivity contribution in [1.29, 1.82) is 0 Å². The molecule has 0 bridgehead atoms. The molecule has 6 heteroatoms. The summed E-state index contributed by atoms with van der Waals surface area (Å²) >= 11 is 0. The lowest BCUT2D eigenvalue weighted by molar-refractivity contribution is -0.123. The molecule has 0 spiro atoms. The summed E-state index contributed by atoms with van der Waals surface area (Å²) in [6.07, 6.45) is 7.13. The van der Waals surface area contributed by atoms with Crippen LogP contribution in [-0.2, 0) is 17.9 Å². The third kappa shape index (κ3) is 4.45. The summed E-state index contributed by atoms with van der Waals surface area (Å²) in [4.78, 5) is 19.1. The topological polar surface area (TPSA) is 50.2 Å². The van der Waals surface area contributed by atoms with E-state index in [1.165, 1.54) is 12.1 Å². The maximum atomic E-state index is 12.9. The lowest BCUT2D eigenvalue weighted by Crippen LogP contribution is -2.42. The maximum Gasteiger partial charge on any atom is 0.234 e. The molecule has 1 N–H and O–H groups in total. The number of halogens is 1. The Hall–Kier alpha value is -2.21. The lowest BCUT2D eigenvalue weighted by atomic mass is 10.0. The lowest BCUT2D eigenvalue weighted by Gasteiger charge is -2.34. The molecule has 0 saturated carbocycles. The van der Waals surface area contributed by atoms with Crippen molar-refractivity contribution in [3.8, 4) is 0 Å². The molecule has 1 fully saturated rings. The first-order chi connectivity index (χ1) is 12.2. The number of carbonyl (C=O) groups excluding carboxylic acids is 1.